The Labute approximate surface area is 289 Å². The largest absolute Gasteiger partial charge is 0.756 e. The lowest BCUT2D eigenvalue weighted by Crippen LogP contribution is -2.41. The maximum atomic E-state index is 13.4. The zero-order chi connectivity index (χ0) is 36.9. The topological polar surface area (TPSA) is 314 Å². The van der Waals surface area contributed by atoms with Gasteiger partial charge >= 0.3 is 5.69 Å². The molecule has 3 aromatic rings. The third-order valence-corrected chi connectivity index (χ3v) is 9.27. The number of ether oxygens (including phenoxy) is 6. The van der Waals surface area contributed by atoms with Crippen molar-refractivity contribution < 1.29 is 65.8 Å². The molecule has 3 aromatic heterocycles. The van der Waals surface area contributed by atoms with Crippen molar-refractivity contribution in [1.29, 1.82) is 0 Å². The molecule has 2 aliphatic rings. The number of rotatable bonds is 18. The number of aryl methyl sites for hydroxylation is 1. The fourth-order valence-electron chi connectivity index (χ4n) is 5.48. The summed E-state index contributed by atoms with van der Waals surface area (Å²) < 4.78 is 76.5. The molecule has 5 rings (SSSR count). The Morgan fingerprint density at radius 2 is 1.67 bits per heavy atom. The first-order valence-corrected chi connectivity index (χ1v) is 18.3. The lowest BCUT2D eigenvalue weighted by Gasteiger charge is -2.32. The van der Waals surface area contributed by atoms with Gasteiger partial charge < -0.3 is 68.1 Å². The van der Waals surface area contributed by atoms with Gasteiger partial charge in [0.1, 0.15) is 42.1 Å². The van der Waals surface area contributed by atoms with Crippen molar-refractivity contribution in [2.75, 3.05) is 65.3 Å². The summed E-state index contributed by atoms with van der Waals surface area (Å²) >= 11 is 0. The number of hydrogen-bond donors (Lipinski definition) is 3. The third kappa shape index (κ3) is 9.72. The molecule has 9 atom stereocenters. The van der Waals surface area contributed by atoms with Gasteiger partial charge in [0.05, 0.1) is 52.1 Å². The maximum absolute atomic E-state index is 13.4. The Kier molecular flexibility index (Phi) is 12.9. The molecule has 5 N–H and O–H groups in total. The van der Waals surface area contributed by atoms with Gasteiger partial charge in [-0.3, -0.25) is 18.3 Å². The van der Waals surface area contributed by atoms with E-state index >= 15 is 0 Å². The molecule has 2 saturated heterocycles. The summed E-state index contributed by atoms with van der Waals surface area (Å²) in [6, 6.07) is 0. The van der Waals surface area contributed by atoms with Crippen LogP contribution in [0.5, 0.6) is 0 Å². The van der Waals surface area contributed by atoms with Crippen LogP contribution in [0.25, 0.3) is 11.2 Å². The van der Waals surface area contributed by atoms with Crippen molar-refractivity contribution in [3.8, 4) is 0 Å². The van der Waals surface area contributed by atoms with Crippen molar-refractivity contribution in [2.45, 2.75) is 56.3 Å². The van der Waals surface area contributed by atoms with Gasteiger partial charge in [-0.25, -0.2) is 19.7 Å². The number of phosphoric acid groups is 2. The number of nitrogens with zero attached hydrogens (tertiary/aromatic N) is 6. The highest BCUT2D eigenvalue weighted by molar-refractivity contribution is 7.46. The Balaban J connectivity index is 1.36. The normalized spacial score (nSPS) is 27.5. The van der Waals surface area contributed by atoms with Crippen LogP contribution in [0.1, 0.15) is 24.4 Å². The molecule has 2 aliphatic heterocycles. The Hall–Kier alpha value is -2.99. The van der Waals surface area contributed by atoms with E-state index in [9.17, 15) is 28.6 Å². The van der Waals surface area contributed by atoms with E-state index in [-0.39, 0.29) is 44.5 Å². The maximum Gasteiger partial charge on any atom is 0.351 e. The number of aromatic nitrogens is 6. The minimum atomic E-state index is -5.33. The Morgan fingerprint density at radius 1 is 0.941 bits per heavy atom. The number of phosphoric ester groups is 2. The molecule has 284 valence electrons. The predicted molar refractivity (Wildman–Crippen MR) is 167 cm³/mol. The van der Waals surface area contributed by atoms with E-state index in [1.54, 1.807) is 11.5 Å². The summed E-state index contributed by atoms with van der Waals surface area (Å²) in [7, 11) is -7.74. The molecule has 0 aliphatic carbocycles. The van der Waals surface area contributed by atoms with Gasteiger partial charge in [0.15, 0.2) is 23.9 Å². The molecule has 0 bridgehead atoms. The molecule has 0 aromatic carbocycles. The SMILES string of the molecule is COCCOC1[C@@H](OP(=O)([O-])OC[C@@H]2CC(OCCOC)[C@H](n3cnc4c(N)ncnc43)O2)[C@@H](COP(=O)([O-])O)O[C@H]1n1cc(C)c(N)nc1=O. The molecule has 23 nitrogen and oxygen atoms in total. The molecule has 2 fully saturated rings. The highest BCUT2D eigenvalue weighted by atomic mass is 31.2. The van der Waals surface area contributed by atoms with Gasteiger partial charge in [0.2, 0.25) is 0 Å². The number of anilines is 2. The van der Waals surface area contributed by atoms with Gasteiger partial charge in [-0.1, -0.05) is 0 Å². The first kappa shape index (κ1) is 39.2. The average molecular weight is 765 g/mol. The van der Waals surface area contributed by atoms with Crippen LogP contribution < -0.4 is 26.9 Å². The highest BCUT2D eigenvalue weighted by Gasteiger charge is 2.50. The molecule has 0 spiro atoms. The average Bonchev–Trinajstić information content (AvgIpc) is 3.77. The van der Waals surface area contributed by atoms with E-state index in [0.29, 0.717) is 16.7 Å². The van der Waals surface area contributed by atoms with Crippen LogP contribution >= 0.6 is 15.6 Å². The fraction of sp³-hybridized carbons (Fsp3) is 0.654. The van der Waals surface area contributed by atoms with Crippen LogP contribution in [0.2, 0.25) is 0 Å². The third-order valence-electron chi connectivity index (χ3n) is 7.83. The quantitative estimate of drug-likeness (QED) is 0.0945. The molecular weight excluding hydrogens is 726 g/mol. The van der Waals surface area contributed by atoms with Gasteiger partial charge in [-0.05, 0) is 6.92 Å². The summed E-state index contributed by atoms with van der Waals surface area (Å²) in [5.74, 6) is 0.0825. The molecule has 0 saturated carbocycles. The van der Waals surface area contributed by atoms with E-state index in [4.69, 9.17) is 48.9 Å². The second-order valence-electron chi connectivity index (χ2n) is 11.3. The van der Waals surface area contributed by atoms with Crippen LogP contribution in [-0.2, 0) is 51.1 Å². The fourth-order valence-corrected chi connectivity index (χ4v) is 6.78. The van der Waals surface area contributed by atoms with Gasteiger partial charge in [0.25, 0.3) is 15.6 Å². The zero-order valence-electron chi connectivity index (χ0n) is 27.6. The first-order valence-electron chi connectivity index (χ1n) is 15.3. The lowest BCUT2D eigenvalue weighted by atomic mass is 10.1. The summed E-state index contributed by atoms with van der Waals surface area (Å²) in [5, 5.41) is 0. The smallest absolute Gasteiger partial charge is 0.351 e. The van der Waals surface area contributed by atoms with Crippen molar-refractivity contribution in [1.82, 2.24) is 29.1 Å². The zero-order valence-corrected chi connectivity index (χ0v) is 29.4. The number of methoxy groups -OCH3 is 2. The molecular formula is C26H38N8O15P2-2. The molecule has 4 unspecified atom stereocenters. The summed E-state index contributed by atoms with van der Waals surface area (Å²) in [6.45, 7) is 0.424. The molecule has 0 amide bonds. The number of fused-ring (bicyclic) bond motifs is 1. The van der Waals surface area contributed by atoms with Gasteiger partial charge in [-0.2, -0.15) is 4.98 Å². The second-order valence-corrected chi connectivity index (χ2v) is 13.9. The number of nitrogen functional groups attached to an aromatic ring is 2. The van der Waals surface area contributed by atoms with Crippen LogP contribution in [0.4, 0.5) is 11.6 Å². The van der Waals surface area contributed by atoms with E-state index in [1.165, 1.54) is 33.1 Å². The standard InChI is InChI=1S/C26H40N8O15P2/c1-14-9-33(26(35)32-21(14)27)25-20(44-7-5-42-3)19(17(48-25)11-45-50(36,37)38)49-51(39,40)46-10-15-8-16(43-6-4-41-2)24(47-15)34-13-31-18-22(28)29-12-30-23(18)34/h9,12-13,15-17,19-20,24-25H,4-8,10-11H2,1-3H3,(H,39,40)(H2,27,32,35)(H2,28,29,30)(H2,36,37,38)/p-2/t15-,16?,17+,19-,20?,24+,25+/m0/s1. The van der Waals surface area contributed by atoms with E-state index in [0.717, 1.165) is 4.57 Å². The van der Waals surface area contributed by atoms with E-state index < -0.39 is 77.5 Å². The van der Waals surface area contributed by atoms with Crippen molar-refractivity contribution >= 4 is 38.4 Å². The second kappa shape index (κ2) is 16.8. The molecule has 0 radical (unpaired) electrons. The van der Waals surface area contributed by atoms with Gasteiger partial charge in [0, 0.05) is 32.4 Å². The minimum absolute atomic E-state index is 0.0294. The molecule has 5 heterocycles. The Bertz CT molecular complexity index is 1790. The summed E-state index contributed by atoms with van der Waals surface area (Å²) in [5.41, 5.74) is 11.8. The number of nitrogens with two attached hydrogens (primary N) is 2. The predicted octanol–water partition coefficient (Wildman–Crippen LogP) is -1.85. The van der Waals surface area contributed by atoms with E-state index in [2.05, 4.69) is 24.5 Å². The minimum Gasteiger partial charge on any atom is -0.756 e. The van der Waals surface area contributed by atoms with Crippen LogP contribution in [0.15, 0.2) is 23.6 Å². The molecule has 25 heteroatoms. The van der Waals surface area contributed by atoms with E-state index in [1.807, 2.05) is 0 Å². The number of imidazole rings is 1. The van der Waals surface area contributed by atoms with Crippen LogP contribution in [-0.4, -0.2) is 118 Å². The van der Waals surface area contributed by atoms with Crippen LogP contribution in [0.3, 0.4) is 0 Å². The van der Waals surface area contributed by atoms with Crippen molar-refractivity contribution in [3.05, 3.63) is 34.9 Å². The first-order chi connectivity index (χ1) is 24.2. The summed E-state index contributed by atoms with van der Waals surface area (Å²) in [6.07, 6.45) is -4.26. The lowest BCUT2D eigenvalue weighted by molar-refractivity contribution is -0.237. The van der Waals surface area contributed by atoms with Crippen LogP contribution in [0, 0.1) is 6.92 Å². The summed E-state index contributed by atoms with van der Waals surface area (Å²) in [4.78, 5) is 63.1. The Morgan fingerprint density at radius 3 is 2.37 bits per heavy atom. The molecule has 51 heavy (non-hydrogen) atoms. The number of hydrogen-bond acceptors (Lipinski definition) is 20. The highest BCUT2D eigenvalue weighted by Crippen LogP contribution is 2.47. The monoisotopic (exact) mass is 764 g/mol. The van der Waals surface area contributed by atoms with Crippen molar-refractivity contribution in [2.24, 2.45) is 0 Å². The van der Waals surface area contributed by atoms with Crippen molar-refractivity contribution in [3.63, 3.8) is 0 Å². The van der Waals surface area contributed by atoms with Gasteiger partial charge in [-0.15, -0.1) is 0 Å².